The second-order valence-corrected chi connectivity index (χ2v) is 5.45. The van der Waals surface area contributed by atoms with Crippen LogP contribution in [0.4, 0.5) is 13.2 Å². The van der Waals surface area contributed by atoms with Gasteiger partial charge in [0, 0.05) is 19.2 Å². The minimum atomic E-state index is -4.37. The van der Waals surface area contributed by atoms with Crippen molar-refractivity contribution in [2.45, 2.75) is 12.6 Å². The Hall–Kier alpha value is -1.82. The van der Waals surface area contributed by atoms with Gasteiger partial charge in [0.05, 0.1) is 5.56 Å². The molecule has 6 heteroatoms. The van der Waals surface area contributed by atoms with E-state index in [2.05, 4.69) is 5.32 Å². The zero-order valence-electron chi connectivity index (χ0n) is 12.4. The summed E-state index contributed by atoms with van der Waals surface area (Å²) < 4.78 is 37.9. The molecule has 1 aliphatic rings. The van der Waals surface area contributed by atoms with Crippen molar-refractivity contribution >= 4 is 12.0 Å². The predicted molar refractivity (Wildman–Crippen MR) is 79.1 cm³/mol. The lowest BCUT2D eigenvalue weighted by atomic mass is 10.1. The van der Waals surface area contributed by atoms with Gasteiger partial charge in [-0.25, -0.2) is 0 Å². The van der Waals surface area contributed by atoms with Gasteiger partial charge in [-0.15, -0.1) is 0 Å². The summed E-state index contributed by atoms with van der Waals surface area (Å²) in [6, 6.07) is 4.94. The van der Waals surface area contributed by atoms with E-state index in [9.17, 15) is 18.0 Å². The summed E-state index contributed by atoms with van der Waals surface area (Å²) in [5.74, 6) is 0.284. The maximum absolute atomic E-state index is 12.6. The van der Waals surface area contributed by atoms with Crippen LogP contribution < -0.4 is 5.32 Å². The molecule has 1 amide bonds. The van der Waals surface area contributed by atoms with Crippen LogP contribution in [-0.4, -0.2) is 37.5 Å². The summed E-state index contributed by atoms with van der Waals surface area (Å²) in [4.78, 5) is 13.8. The SMILES string of the molecule is CNCC1CCN(C(=O)C=Cc2cccc(C(F)(F)F)c2)C1. The molecule has 1 heterocycles. The molecule has 0 spiro atoms. The highest BCUT2D eigenvalue weighted by Crippen LogP contribution is 2.29. The van der Waals surface area contributed by atoms with Gasteiger partial charge in [0.1, 0.15) is 0 Å². The van der Waals surface area contributed by atoms with Crippen LogP contribution in [0.3, 0.4) is 0 Å². The minimum absolute atomic E-state index is 0.156. The van der Waals surface area contributed by atoms with Crippen molar-refractivity contribution in [2.24, 2.45) is 5.92 Å². The number of likely N-dealkylation sites (tertiary alicyclic amines) is 1. The number of nitrogens with zero attached hydrogens (tertiary/aromatic N) is 1. The van der Waals surface area contributed by atoms with Crippen molar-refractivity contribution in [1.82, 2.24) is 10.2 Å². The van der Waals surface area contributed by atoms with Gasteiger partial charge in [-0.3, -0.25) is 4.79 Å². The molecule has 0 aliphatic carbocycles. The van der Waals surface area contributed by atoms with Crippen LogP contribution in [0.2, 0.25) is 0 Å². The van der Waals surface area contributed by atoms with E-state index in [1.165, 1.54) is 18.2 Å². The van der Waals surface area contributed by atoms with E-state index in [0.717, 1.165) is 25.1 Å². The Bertz CT molecular complexity index is 555. The minimum Gasteiger partial charge on any atom is -0.339 e. The molecule has 120 valence electrons. The molecule has 1 unspecified atom stereocenters. The first kappa shape index (κ1) is 16.5. The van der Waals surface area contributed by atoms with E-state index in [1.54, 1.807) is 11.0 Å². The molecule has 1 aromatic carbocycles. The van der Waals surface area contributed by atoms with E-state index in [-0.39, 0.29) is 5.91 Å². The third-order valence-corrected chi connectivity index (χ3v) is 3.72. The second kappa shape index (κ2) is 6.96. The molecule has 1 N–H and O–H groups in total. The van der Waals surface area contributed by atoms with Gasteiger partial charge in [0.2, 0.25) is 5.91 Å². The van der Waals surface area contributed by atoms with Crippen molar-refractivity contribution in [2.75, 3.05) is 26.7 Å². The van der Waals surface area contributed by atoms with Crippen molar-refractivity contribution in [1.29, 1.82) is 0 Å². The molecular formula is C16H19F3N2O. The van der Waals surface area contributed by atoms with Crippen LogP contribution in [0, 0.1) is 5.92 Å². The first-order valence-electron chi connectivity index (χ1n) is 7.19. The lowest BCUT2D eigenvalue weighted by Crippen LogP contribution is -2.28. The summed E-state index contributed by atoms with van der Waals surface area (Å²) in [6.45, 7) is 2.24. The number of rotatable bonds is 4. The molecule has 0 aromatic heterocycles. The third-order valence-electron chi connectivity index (χ3n) is 3.72. The number of nitrogens with one attached hydrogen (secondary N) is 1. The van der Waals surface area contributed by atoms with Gasteiger partial charge in [0.15, 0.2) is 0 Å². The fraction of sp³-hybridized carbons (Fsp3) is 0.438. The molecule has 1 aliphatic heterocycles. The Labute approximate surface area is 127 Å². The maximum atomic E-state index is 12.6. The largest absolute Gasteiger partial charge is 0.416 e. The number of halogens is 3. The number of carbonyl (C=O) groups is 1. The number of hydrogen-bond acceptors (Lipinski definition) is 2. The first-order valence-corrected chi connectivity index (χ1v) is 7.19. The monoisotopic (exact) mass is 312 g/mol. The Morgan fingerprint density at radius 3 is 2.91 bits per heavy atom. The van der Waals surface area contributed by atoms with Crippen LogP contribution in [-0.2, 0) is 11.0 Å². The first-order chi connectivity index (χ1) is 10.4. The molecule has 1 aromatic rings. The predicted octanol–water partition coefficient (Wildman–Crippen LogP) is 2.79. The van der Waals surface area contributed by atoms with Crippen LogP contribution in [0.1, 0.15) is 17.5 Å². The summed E-state index contributed by atoms with van der Waals surface area (Å²) in [5.41, 5.74) is -0.341. The molecule has 2 rings (SSSR count). The van der Waals surface area contributed by atoms with Gasteiger partial charge in [0.25, 0.3) is 0 Å². The van der Waals surface area contributed by atoms with E-state index in [0.29, 0.717) is 24.6 Å². The van der Waals surface area contributed by atoms with Gasteiger partial charge in [-0.1, -0.05) is 12.1 Å². The molecule has 0 bridgehead atoms. The number of hydrogen-bond donors (Lipinski definition) is 1. The van der Waals surface area contributed by atoms with Crippen LogP contribution in [0.15, 0.2) is 30.3 Å². The van der Waals surface area contributed by atoms with Crippen molar-refractivity contribution in [3.63, 3.8) is 0 Å². The summed E-state index contributed by atoms with van der Waals surface area (Å²) >= 11 is 0. The highest BCUT2D eigenvalue weighted by atomic mass is 19.4. The molecule has 1 atom stereocenters. The molecule has 0 saturated carbocycles. The van der Waals surface area contributed by atoms with Crippen molar-refractivity contribution in [3.8, 4) is 0 Å². The third kappa shape index (κ3) is 4.34. The standard InChI is InChI=1S/C16H19F3N2O/c1-20-10-13-7-8-21(11-13)15(22)6-5-12-3-2-4-14(9-12)16(17,18)19/h2-6,9,13,20H,7-8,10-11H2,1H3. The topological polar surface area (TPSA) is 32.3 Å². The highest BCUT2D eigenvalue weighted by molar-refractivity contribution is 5.92. The van der Waals surface area contributed by atoms with Gasteiger partial charge in [-0.2, -0.15) is 13.2 Å². The fourth-order valence-corrected chi connectivity index (χ4v) is 2.58. The summed E-state index contributed by atoms with van der Waals surface area (Å²) in [7, 11) is 1.87. The van der Waals surface area contributed by atoms with Crippen LogP contribution >= 0.6 is 0 Å². The van der Waals surface area contributed by atoms with E-state index >= 15 is 0 Å². The number of alkyl halides is 3. The van der Waals surface area contributed by atoms with Crippen LogP contribution in [0.5, 0.6) is 0 Å². The molecular weight excluding hydrogens is 293 g/mol. The smallest absolute Gasteiger partial charge is 0.339 e. The second-order valence-electron chi connectivity index (χ2n) is 5.45. The average Bonchev–Trinajstić information content (AvgIpc) is 2.93. The Balaban J connectivity index is 1.99. The summed E-state index contributed by atoms with van der Waals surface area (Å²) in [5, 5.41) is 3.08. The normalized spacial score (nSPS) is 19.1. The van der Waals surface area contributed by atoms with E-state index in [4.69, 9.17) is 0 Å². The molecule has 0 radical (unpaired) electrons. The number of benzene rings is 1. The van der Waals surface area contributed by atoms with Gasteiger partial charge < -0.3 is 10.2 Å². The van der Waals surface area contributed by atoms with Gasteiger partial charge in [-0.05, 0) is 49.7 Å². The molecule has 1 fully saturated rings. The maximum Gasteiger partial charge on any atom is 0.416 e. The highest BCUT2D eigenvalue weighted by Gasteiger charge is 2.30. The van der Waals surface area contributed by atoms with E-state index in [1.807, 2.05) is 7.05 Å². The lowest BCUT2D eigenvalue weighted by molar-refractivity contribution is -0.137. The van der Waals surface area contributed by atoms with E-state index < -0.39 is 11.7 Å². The number of carbonyl (C=O) groups excluding carboxylic acids is 1. The Morgan fingerprint density at radius 1 is 1.45 bits per heavy atom. The van der Waals surface area contributed by atoms with Crippen LogP contribution in [0.25, 0.3) is 6.08 Å². The average molecular weight is 312 g/mol. The molecule has 22 heavy (non-hydrogen) atoms. The zero-order chi connectivity index (χ0) is 16.2. The Kier molecular flexibility index (Phi) is 5.24. The lowest BCUT2D eigenvalue weighted by Gasteiger charge is -2.14. The molecule has 1 saturated heterocycles. The quantitative estimate of drug-likeness (QED) is 0.867. The van der Waals surface area contributed by atoms with Gasteiger partial charge >= 0.3 is 6.18 Å². The van der Waals surface area contributed by atoms with Crippen molar-refractivity contribution < 1.29 is 18.0 Å². The zero-order valence-corrected chi connectivity index (χ0v) is 12.4. The summed E-state index contributed by atoms with van der Waals surface area (Å²) in [6.07, 6.45) is -0.645. The molecule has 3 nitrogen and oxygen atoms in total. The number of amides is 1. The van der Waals surface area contributed by atoms with Crippen molar-refractivity contribution in [3.05, 3.63) is 41.5 Å². The Morgan fingerprint density at radius 2 is 2.23 bits per heavy atom. The fourth-order valence-electron chi connectivity index (χ4n) is 2.58.